The fourth-order valence-electron chi connectivity index (χ4n) is 2.38. The van der Waals surface area contributed by atoms with Crippen LogP contribution in [-0.2, 0) is 0 Å². The molecule has 0 saturated carbocycles. The lowest BCUT2D eigenvalue weighted by atomic mass is 9.77. The smallest absolute Gasteiger partial charge is 0.0260 e. The van der Waals surface area contributed by atoms with Crippen molar-refractivity contribution in [3.63, 3.8) is 0 Å². The zero-order valence-electron chi connectivity index (χ0n) is 10.6. The predicted octanol–water partition coefficient (Wildman–Crippen LogP) is 4.81. The second-order valence-corrected chi connectivity index (χ2v) is 6.12. The highest BCUT2D eigenvalue weighted by atomic mass is 14.3. The average molecular weight is 194 g/mol. The first-order chi connectivity index (χ1) is 6.41. The Morgan fingerprint density at radius 3 is 2.43 bits per heavy atom. The summed E-state index contributed by atoms with van der Waals surface area (Å²) in [7, 11) is 0. The van der Waals surface area contributed by atoms with Crippen molar-refractivity contribution in [2.24, 2.45) is 17.3 Å². The lowest BCUT2D eigenvalue weighted by Crippen LogP contribution is -2.19. The van der Waals surface area contributed by atoms with Gasteiger partial charge in [0.2, 0.25) is 0 Å². The molecule has 0 heteroatoms. The van der Waals surface area contributed by atoms with E-state index in [4.69, 9.17) is 0 Å². The molecule has 0 bridgehead atoms. The third-order valence-electron chi connectivity index (χ3n) is 3.65. The van der Waals surface area contributed by atoms with Crippen molar-refractivity contribution in [2.45, 2.75) is 60.3 Å². The van der Waals surface area contributed by atoms with Crippen LogP contribution in [0.1, 0.15) is 60.3 Å². The van der Waals surface area contributed by atoms with Gasteiger partial charge in [-0.3, -0.25) is 0 Å². The molecule has 0 nitrogen and oxygen atoms in total. The Morgan fingerprint density at radius 2 is 1.93 bits per heavy atom. The minimum Gasteiger partial charge on any atom is -0.0848 e. The Kier molecular flexibility index (Phi) is 3.80. The molecule has 0 spiro atoms. The second-order valence-electron chi connectivity index (χ2n) is 6.12. The molecule has 14 heavy (non-hydrogen) atoms. The van der Waals surface area contributed by atoms with Crippen molar-refractivity contribution in [3.8, 4) is 0 Å². The summed E-state index contributed by atoms with van der Waals surface area (Å²) in [5.74, 6) is 1.65. The topological polar surface area (TPSA) is 0 Å². The third kappa shape index (κ3) is 3.15. The summed E-state index contributed by atoms with van der Waals surface area (Å²) in [5.41, 5.74) is 2.18. The summed E-state index contributed by atoms with van der Waals surface area (Å²) in [6.45, 7) is 11.8. The van der Waals surface area contributed by atoms with Gasteiger partial charge in [0.05, 0.1) is 0 Å². The minimum absolute atomic E-state index is 0.489. The zero-order chi connectivity index (χ0) is 10.8. The molecular formula is C14H26. The molecule has 0 N–H and O–H groups in total. The Morgan fingerprint density at radius 1 is 1.29 bits per heavy atom. The number of hydrogen-bond acceptors (Lipinski definition) is 0. The van der Waals surface area contributed by atoms with E-state index in [0.717, 1.165) is 11.8 Å². The molecule has 1 aliphatic carbocycles. The Balaban J connectivity index is 2.64. The Bertz CT molecular complexity index is 203. The Hall–Kier alpha value is -0.260. The largest absolute Gasteiger partial charge is 0.0848 e. The monoisotopic (exact) mass is 194 g/mol. The predicted molar refractivity (Wildman–Crippen MR) is 64.3 cm³/mol. The molecule has 0 radical (unpaired) electrons. The van der Waals surface area contributed by atoms with Gasteiger partial charge >= 0.3 is 0 Å². The van der Waals surface area contributed by atoms with Gasteiger partial charge in [-0.25, -0.2) is 0 Å². The number of allylic oxidation sites excluding steroid dienone is 2. The van der Waals surface area contributed by atoms with E-state index in [-0.39, 0.29) is 0 Å². The highest BCUT2D eigenvalue weighted by molar-refractivity contribution is 5.07. The molecule has 0 heterocycles. The van der Waals surface area contributed by atoms with Crippen LogP contribution in [0.4, 0.5) is 0 Å². The van der Waals surface area contributed by atoms with E-state index in [1.807, 2.05) is 0 Å². The van der Waals surface area contributed by atoms with Crippen LogP contribution in [0.2, 0.25) is 0 Å². The number of rotatable bonds is 1. The van der Waals surface area contributed by atoms with Crippen molar-refractivity contribution in [1.29, 1.82) is 0 Å². The van der Waals surface area contributed by atoms with Crippen molar-refractivity contribution in [3.05, 3.63) is 11.6 Å². The highest BCUT2D eigenvalue weighted by Crippen LogP contribution is 2.37. The average Bonchev–Trinajstić information content (AvgIpc) is 2.26. The minimum atomic E-state index is 0.489. The fraction of sp³-hybridized carbons (Fsp3) is 0.857. The van der Waals surface area contributed by atoms with E-state index in [1.165, 1.54) is 25.7 Å². The lowest BCUT2D eigenvalue weighted by Gasteiger charge is -2.29. The fourth-order valence-corrected chi connectivity index (χ4v) is 2.38. The van der Waals surface area contributed by atoms with Crippen LogP contribution in [-0.4, -0.2) is 0 Å². The zero-order valence-corrected chi connectivity index (χ0v) is 10.6. The number of hydrogen-bond donors (Lipinski definition) is 0. The van der Waals surface area contributed by atoms with Gasteiger partial charge < -0.3 is 0 Å². The first-order valence-corrected chi connectivity index (χ1v) is 6.10. The van der Waals surface area contributed by atoms with E-state index in [2.05, 4.69) is 40.7 Å². The molecule has 0 fully saturated rings. The molecular weight excluding hydrogens is 168 g/mol. The van der Waals surface area contributed by atoms with Gasteiger partial charge in [0.15, 0.2) is 0 Å². The summed E-state index contributed by atoms with van der Waals surface area (Å²) >= 11 is 0. The first-order valence-electron chi connectivity index (χ1n) is 6.10. The summed E-state index contributed by atoms with van der Waals surface area (Å²) in [6, 6.07) is 0. The van der Waals surface area contributed by atoms with Crippen LogP contribution in [0.15, 0.2) is 11.6 Å². The lowest BCUT2D eigenvalue weighted by molar-refractivity contribution is 0.227. The SMILES string of the molecule is CC(C)C1=CCC(C(C)(C)C)CCC1. The molecule has 1 aliphatic rings. The molecule has 0 amide bonds. The molecule has 1 atom stereocenters. The van der Waals surface area contributed by atoms with Crippen LogP contribution < -0.4 is 0 Å². The van der Waals surface area contributed by atoms with Crippen LogP contribution in [0.5, 0.6) is 0 Å². The molecule has 0 aromatic carbocycles. The van der Waals surface area contributed by atoms with Gasteiger partial charge in [0.1, 0.15) is 0 Å². The normalized spacial score (nSPS) is 24.7. The van der Waals surface area contributed by atoms with Crippen LogP contribution in [0, 0.1) is 17.3 Å². The van der Waals surface area contributed by atoms with Crippen molar-refractivity contribution >= 4 is 0 Å². The molecule has 0 aromatic rings. The van der Waals surface area contributed by atoms with Crippen molar-refractivity contribution in [1.82, 2.24) is 0 Å². The summed E-state index contributed by atoms with van der Waals surface area (Å²) in [4.78, 5) is 0. The van der Waals surface area contributed by atoms with E-state index in [0.29, 0.717) is 5.41 Å². The van der Waals surface area contributed by atoms with Gasteiger partial charge in [-0.1, -0.05) is 46.3 Å². The van der Waals surface area contributed by atoms with E-state index in [9.17, 15) is 0 Å². The summed E-state index contributed by atoms with van der Waals surface area (Å²) in [5, 5.41) is 0. The summed E-state index contributed by atoms with van der Waals surface area (Å²) in [6.07, 6.45) is 7.97. The Labute approximate surface area is 89.8 Å². The maximum atomic E-state index is 2.52. The maximum absolute atomic E-state index is 2.52. The standard InChI is InChI=1S/C14H26/c1-11(2)12-7-6-8-13(10-9-12)14(3,4)5/h9,11,13H,6-8,10H2,1-5H3. The molecule has 1 rings (SSSR count). The van der Waals surface area contributed by atoms with Crippen molar-refractivity contribution in [2.75, 3.05) is 0 Å². The van der Waals surface area contributed by atoms with Crippen LogP contribution in [0.25, 0.3) is 0 Å². The maximum Gasteiger partial charge on any atom is -0.0260 e. The molecule has 82 valence electrons. The summed E-state index contributed by atoms with van der Waals surface area (Å²) < 4.78 is 0. The van der Waals surface area contributed by atoms with Crippen LogP contribution in [0.3, 0.4) is 0 Å². The molecule has 0 aromatic heterocycles. The van der Waals surface area contributed by atoms with Gasteiger partial charge in [-0.2, -0.15) is 0 Å². The van der Waals surface area contributed by atoms with E-state index in [1.54, 1.807) is 5.57 Å². The molecule has 1 unspecified atom stereocenters. The van der Waals surface area contributed by atoms with Crippen LogP contribution >= 0.6 is 0 Å². The van der Waals surface area contributed by atoms with Gasteiger partial charge in [-0.05, 0) is 42.9 Å². The third-order valence-corrected chi connectivity index (χ3v) is 3.65. The quantitative estimate of drug-likeness (QED) is 0.526. The highest BCUT2D eigenvalue weighted by Gasteiger charge is 2.25. The first kappa shape index (κ1) is 11.8. The van der Waals surface area contributed by atoms with E-state index >= 15 is 0 Å². The molecule has 0 aliphatic heterocycles. The van der Waals surface area contributed by atoms with Gasteiger partial charge in [0, 0.05) is 0 Å². The van der Waals surface area contributed by atoms with E-state index < -0.39 is 0 Å². The van der Waals surface area contributed by atoms with Gasteiger partial charge in [-0.15, -0.1) is 0 Å². The van der Waals surface area contributed by atoms with Crippen molar-refractivity contribution < 1.29 is 0 Å². The second kappa shape index (κ2) is 4.51. The molecule has 0 saturated heterocycles. The van der Waals surface area contributed by atoms with Gasteiger partial charge in [0.25, 0.3) is 0 Å².